The van der Waals surface area contributed by atoms with Gasteiger partial charge >= 0.3 is 5.97 Å². The van der Waals surface area contributed by atoms with Crippen LogP contribution in [0.3, 0.4) is 0 Å². The smallest absolute Gasteiger partial charge is 0.325 e. The molecule has 0 rings (SSSR count). The van der Waals surface area contributed by atoms with Gasteiger partial charge in [0.15, 0.2) is 0 Å². The average molecular weight is 233 g/mol. The summed E-state index contributed by atoms with van der Waals surface area (Å²) in [7, 11) is 0. The lowest BCUT2D eigenvalue weighted by atomic mass is 10.3. The van der Waals surface area contributed by atoms with Gasteiger partial charge in [-0.2, -0.15) is 0 Å². The first-order valence-electron chi connectivity index (χ1n) is 4.54. The van der Waals surface area contributed by atoms with Crippen LogP contribution >= 0.6 is 0 Å². The molecule has 0 aliphatic carbocycles. The van der Waals surface area contributed by atoms with Crippen molar-refractivity contribution in [3.05, 3.63) is 0 Å². The molecule has 8 nitrogen and oxygen atoms in total. The molecule has 0 aromatic carbocycles. The van der Waals surface area contributed by atoms with Crippen LogP contribution in [0.1, 0.15) is 6.92 Å². The minimum Gasteiger partial charge on any atom is -0.480 e. The van der Waals surface area contributed by atoms with Crippen LogP contribution in [0.25, 0.3) is 0 Å². The molecule has 0 aliphatic heterocycles. The Morgan fingerprint density at radius 1 is 1.38 bits per heavy atom. The van der Waals surface area contributed by atoms with E-state index in [2.05, 4.69) is 10.6 Å². The highest BCUT2D eigenvalue weighted by Crippen LogP contribution is 1.81. The van der Waals surface area contributed by atoms with E-state index in [-0.39, 0.29) is 6.54 Å². The SMILES string of the molecule is CC(NC(=O)CNC(=O)C(N)CO)C(=O)O. The molecular weight excluding hydrogens is 218 g/mol. The van der Waals surface area contributed by atoms with Crippen molar-refractivity contribution in [3.63, 3.8) is 0 Å². The van der Waals surface area contributed by atoms with Gasteiger partial charge in [-0.1, -0.05) is 0 Å². The van der Waals surface area contributed by atoms with Crippen molar-refractivity contribution in [1.82, 2.24) is 10.6 Å². The van der Waals surface area contributed by atoms with Crippen LogP contribution in [0.4, 0.5) is 0 Å². The van der Waals surface area contributed by atoms with E-state index in [1.807, 2.05) is 0 Å². The molecule has 0 heterocycles. The largest absolute Gasteiger partial charge is 0.480 e. The zero-order chi connectivity index (χ0) is 12.7. The maximum atomic E-state index is 11.1. The molecule has 0 bridgehead atoms. The number of rotatable bonds is 6. The van der Waals surface area contributed by atoms with Gasteiger partial charge in [-0.25, -0.2) is 0 Å². The first-order chi connectivity index (χ1) is 7.38. The van der Waals surface area contributed by atoms with Gasteiger partial charge in [0.25, 0.3) is 0 Å². The molecule has 2 unspecified atom stereocenters. The maximum Gasteiger partial charge on any atom is 0.325 e. The zero-order valence-electron chi connectivity index (χ0n) is 8.77. The van der Waals surface area contributed by atoms with Crippen molar-refractivity contribution in [1.29, 1.82) is 0 Å². The van der Waals surface area contributed by atoms with Crippen LogP contribution in [0.15, 0.2) is 0 Å². The molecule has 2 atom stereocenters. The predicted molar refractivity (Wildman–Crippen MR) is 53.3 cm³/mol. The van der Waals surface area contributed by atoms with Gasteiger partial charge in [-0.05, 0) is 6.92 Å². The highest BCUT2D eigenvalue weighted by molar-refractivity contribution is 5.89. The Morgan fingerprint density at radius 3 is 2.38 bits per heavy atom. The number of aliphatic hydroxyl groups excluding tert-OH is 1. The van der Waals surface area contributed by atoms with E-state index in [9.17, 15) is 14.4 Å². The number of nitrogens with two attached hydrogens (primary N) is 1. The summed E-state index contributed by atoms with van der Waals surface area (Å²) >= 11 is 0. The first kappa shape index (κ1) is 14.3. The molecule has 0 saturated carbocycles. The van der Waals surface area contributed by atoms with Gasteiger partial charge in [-0.3, -0.25) is 14.4 Å². The average Bonchev–Trinajstić information content (AvgIpc) is 2.24. The van der Waals surface area contributed by atoms with Crippen LogP contribution in [0.5, 0.6) is 0 Å². The summed E-state index contributed by atoms with van der Waals surface area (Å²) in [4.78, 5) is 32.5. The second kappa shape index (κ2) is 6.75. The molecule has 2 amide bonds. The number of aliphatic carboxylic acids is 1. The van der Waals surface area contributed by atoms with Crippen LogP contribution in [-0.4, -0.2) is 53.2 Å². The van der Waals surface area contributed by atoms with E-state index in [1.165, 1.54) is 6.92 Å². The fourth-order valence-electron chi connectivity index (χ4n) is 0.736. The van der Waals surface area contributed by atoms with Gasteiger partial charge in [0.05, 0.1) is 13.2 Å². The Bertz CT molecular complexity index is 281. The second-order valence-corrected chi connectivity index (χ2v) is 3.13. The summed E-state index contributed by atoms with van der Waals surface area (Å²) in [6, 6.07) is -2.12. The first-order valence-corrected chi connectivity index (χ1v) is 4.54. The highest BCUT2D eigenvalue weighted by Gasteiger charge is 2.16. The lowest BCUT2D eigenvalue weighted by Gasteiger charge is -2.11. The lowest BCUT2D eigenvalue weighted by molar-refractivity contribution is -0.141. The number of carboxylic acid groups (broad SMARTS) is 1. The van der Waals surface area contributed by atoms with Crippen molar-refractivity contribution in [3.8, 4) is 0 Å². The quantitative estimate of drug-likeness (QED) is 0.331. The normalized spacial score (nSPS) is 13.7. The van der Waals surface area contributed by atoms with Crippen molar-refractivity contribution in [2.45, 2.75) is 19.0 Å². The molecule has 8 heteroatoms. The highest BCUT2D eigenvalue weighted by atomic mass is 16.4. The molecule has 0 aromatic rings. The standard InChI is InChI=1S/C8H15N3O5/c1-4(8(15)16)11-6(13)2-10-7(14)5(9)3-12/h4-5,12H,2-3,9H2,1H3,(H,10,14)(H,11,13)(H,15,16). The minimum absolute atomic E-state index is 0.385. The van der Waals surface area contributed by atoms with Crippen molar-refractivity contribution in [2.24, 2.45) is 5.73 Å². The minimum atomic E-state index is -1.17. The van der Waals surface area contributed by atoms with Gasteiger partial charge in [0.1, 0.15) is 12.1 Å². The van der Waals surface area contributed by atoms with Gasteiger partial charge in [0.2, 0.25) is 11.8 Å². The number of hydrogen-bond acceptors (Lipinski definition) is 5. The summed E-state index contributed by atoms with van der Waals surface area (Å²) < 4.78 is 0. The third-order valence-electron chi connectivity index (χ3n) is 1.70. The van der Waals surface area contributed by atoms with Gasteiger partial charge in [-0.15, -0.1) is 0 Å². The fourth-order valence-corrected chi connectivity index (χ4v) is 0.736. The number of hydrogen-bond donors (Lipinski definition) is 5. The van der Waals surface area contributed by atoms with E-state index < -0.39 is 36.5 Å². The third-order valence-corrected chi connectivity index (χ3v) is 1.70. The molecule has 0 radical (unpaired) electrons. The van der Waals surface area contributed by atoms with Crippen LogP contribution in [-0.2, 0) is 14.4 Å². The molecule has 0 spiro atoms. The molecule has 6 N–H and O–H groups in total. The summed E-state index contributed by atoms with van der Waals surface area (Å²) in [5.41, 5.74) is 5.16. The van der Waals surface area contributed by atoms with E-state index in [1.54, 1.807) is 0 Å². The van der Waals surface area contributed by atoms with Gasteiger partial charge in [0, 0.05) is 0 Å². The summed E-state index contributed by atoms with van der Waals surface area (Å²) in [6.07, 6.45) is 0. The zero-order valence-corrected chi connectivity index (χ0v) is 8.77. The van der Waals surface area contributed by atoms with Crippen molar-refractivity contribution >= 4 is 17.8 Å². The molecule has 0 aromatic heterocycles. The topological polar surface area (TPSA) is 142 Å². The fraction of sp³-hybridized carbons (Fsp3) is 0.625. The van der Waals surface area contributed by atoms with E-state index >= 15 is 0 Å². The number of carbonyl (C=O) groups is 3. The second-order valence-electron chi connectivity index (χ2n) is 3.13. The number of aliphatic hydroxyl groups is 1. The maximum absolute atomic E-state index is 11.1. The Balaban J connectivity index is 3.90. The molecule has 0 fully saturated rings. The third kappa shape index (κ3) is 5.27. The Morgan fingerprint density at radius 2 is 1.94 bits per heavy atom. The van der Waals surface area contributed by atoms with Gasteiger partial charge < -0.3 is 26.6 Å². The van der Waals surface area contributed by atoms with Crippen LogP contribution in [0.2, 0.25) is 0 Å². The summed E-state index contributed by atoms with van der Waals surface area (Å²) in [5.74, 6) is -2.50. The number of nitrogens with one attached hydrogen (secondary N) is 2. The Hall–Kier alpha value is -1.67. The molecule has 92 valence electrons. The van der Waals surface area contributed by atoms with E-state index in [0.29, 0.717) is 0 Å². The van der Waals surface area contributed by atoms with Crippen molar-refractivity contribution in [2.75, 3.05) is 13.2 Å². The predicted octanol–water partition coefficient (Wildman–Crippen LogP) is -2.99. The van der Waals surface area contributed by atoms with Crippen molar-refractivity contribution < 1.29 is 24.6 Å². The Labute approximate surface area is 91.8 Å². The summed E-state index contributed by atoms with van der Waals surface area (Å²) in [5, 5.41) is 21.3. The number of amides is 2. The molecule has 0 saturated heterocycles. The van der Waals surface area contributed by atoms with E-state index in [4.69, 9.17) is 15.9 Å². The molecule has 0 aliphatic rings. The van der Waals surface area contributed by atoms with E-state index in [0.717, 1.165) is 0 Å². The lowest BCUT2D eigenvalue weighted by Crippen LogP contribution is -2.48. The van der Waals surface area contributed by atoms with Crippen LogP contribution in [0, 0.1) is 0 Å². The number of carboxylic acids is 1. The monoisotopic (exact) mass is 233 g/mol. The molecule has 16 heavy (non-hydrogen) atoms. The Kier molecular flexibility index (Phi) is 6.04. The molecular formula is C8H15N3O5. The number of carbonyl (C=O) groups excluding carboxylic acids is 2. The summed E-state index contributed by atoms with van der Waals surface area (Å²) in [6.45, 7) is 0.380. The van der Waals surface area contributed by atoms with Crippen LogP contribution < -0.4 is 16.4 Å².